The van der Waals surface area contributed by atoms with Crippen molar-refractivity contribution in [3.05, 3.63) is 89.9 Å². The van der Waals surface area contributed by atoms with Crippen LogP contribution in [0.15, 0.2) is 78.5 Å². The van der Waals surface area contributed by atoms with Gasteiger partial charge in [-0.15, -0.1) is 0 Å². The normalized spacial score (nSPS) is 13.5. The molecule has 0 spiro atoms. The van der Waals surface area contributed by atoms with E-state index in [-0.39, 0.29) is 11.3 Å². The Bertz CT molecular complexity index is 1230. The standard InChI is InChI=1S/C27H26FN3O3/c1-4-17-34-23-8-6-5-7-22(23)31-26(32)24(18-9-11-19(28)12-10-18)25(27(31)33)29-20-13-15-21(16-14-20)30(2)3/h5-16,29H,4,17H2,1-3H3. The molecular weight excluding hydrogens is 433 g/mol. The second-order valence-electron chi connectivity index (χ2n) is 8.09. The molecule has 3 aromatic carbocycles. The van der Waals surface area contributed by atoms with E-state index < -0.39 is 17.6 Å². The summed E-state index contributed by atoms with van der Waals surface area (Å²) in [5.41, 5.74) is 2.76. The summed E-state index contributed by atoms with van der Waals surface area (Å²) in [5, 5.41) is 3.13. The molecule has 0 saturated heterocycles. The molecule has 0 saturated carbocycles. The van der Waals surface area contributed by atoms with Gasteiger partial charge in [0.2, 0.25) is 0 Å². The van der Waals surface area contributed by atoms with E-state index in [9.17, 15) is 14.0 Å². The summed E-state index contributed by atoms with van der Waals surface area (Å²) in [6, 6.07) is 20.0. The second-order valence-corrected chi connectivity index (χ2v) is 8.09. The fourth-order valence-electron chi connectivity index (χ4n) is 3.71. The zero-order valence-electron chi connectivity index (χ0n) is 19.3. The first-order valence-corrected chi connectivity index (χ1v) is 11.1. The first-order chi connectivity index (χ1) is 16.4. The third kappa shape index (κ3) is 4.50. The van der Waals surface area contributed by atoms with Crippen LogP contribution in [0.3, 0.4) is 0 Å². The van der Waals surface area contributed by atoms with Gasteiger partial charge in [0, 0.05) is 25.5 Å². The minimum Gasteiger partial charge on any atom is -0.491 e. The number of nitrogens with zero attached hydrogens (tertiary/aromatic N) is 2. The minimum atomic E-state index is -0.506. The van der Waals surface area contributed by atoms with Gasteiger partial charge in [-0.25, -0.2) is 9.29 Å². The van der Waals surface area contributed by atoms with Crippen molar-refractivity contribution in [3.8, 4) is 5.75 Å². The first-order valence-electron chi connectivity index (χ1n) is 11.1. The van der Waals surface area contributed by atoms with Gasteiger partial charge in [0.05, 0.1) is 17.9 Å². The Morgan fingerprint density at radius 1 is 0.912 bits per heavy atom. The number of rotatable bonds is 8. The molecule has 0 aliphatic carbocycles. The zero-order valence-corrected chi connectivity index (χ0v) is 19.3. The van der Waals surface area contributed by atoms with Crippen LogP contribution in [0.2, 0.25) is 0 Å². The van der Waals surface area contributed by atoms with Crippen LogP contribution in [-0.2, 0) is 9.59 Å². The predicted octanol–water partition coefficient (Wildman–Crippen LogP) is 5.08. The van der Waals surface area contributed by atoms with Gasteiger partial charge < -0.3 is 15.0 Å². The molecule has 1 heterocycles. The summed E-state index contributed by atoms with van der Waals surface area (Å²) >= 11 is 0. The number of ether oxygens (including phenoxy) is 1. The van der Waals surface area contributed by atoms with Crippen LogP contribution in [0.25, 0.3) is 5.57 Å². The van der Waals surface area contributed by atoms with Crippen molar-refractivity contribution < 1.29 is 18.7 Å². The lowest BCUT2D eigenvalue weighted by Crippen LogP contribution is -2.32. The van der Waals surface area contributed by atoms with E-state index in [1.807, 2.05) is 50.2 Å². The number of anilines is 3. The van der Waals surface area contributed by atoms with Crippen molar-refractivity contribution in [2.75, 3.05) is 35.8 Å². The van der Waals surface area contributed by atoms with E-state index in [0.717, 1.165) is 17.0 Å². The van der Waals surface area contributed by atoms with E-state index in [1.165, 1.54) is 24.3 Å². The van der Waals surface area contributed by atoms with Crippen molar-refractivity contribution in [1.29, 1.82) is 0 Å². The minimum absolute atomic E-state index is 0.125. The SMILES string of the molecule is CCCOc1ccccc1N1C(=O)C(Nc2ccc(N(C)C)cc2)=C(c2ccc(F)cc2)C1=O. The number of carbonyl (C=O) groups is 2. The largest absolute Gasteiger partial charge is 0.491 e. The number of para-hydroxylation sites is 2. The van der Waals surface area contributed by atoms with E-state index >= 15 is 0 Å². The van der Waals surface area contributed by atoms with Gasteiger partial charge in [-0.3, -0.25) is 9.59 Å². The zero-order chi connectivity index (χ0) is 24.2. The van der Waals surface area contributed by atoms with Gasteiger partial charge in [-0.1, -0.05) is 31.2 Å². The molecule has 1 aliphatic heterocycles. The number of imide groups is 1. The molecule has 2 amide bonds. The summed E-state index contributed by atoms with van der Waals surface area (Å²) < 4.78 is 19.4. The van der Waals surface area contributed by atoms with Gasteiger partial charge in [0.15, 0.2) is 0 Å². The van der Waals surface area contributed by atoms with Crippen molar-refractivity contribution in [2.24, 2.45) is 0 Å². The fourth-order valence-corrected chi connectivity index (χ4v) is 3.71. The lowest BCUT2D eigenvalue weighted by Gasteiger charge is -2.19. The number of amides is 2. The molecule has 34 heavy (non-hydrogen) atoms. The van der Waals surface area contributed by atoms with Crippen molar-refractivity contribution in [1.82, 2.24) is 0 Å². The summed E-state index contributed by atoms with van der Waals surface area (Å²) in [6.07, 6.45) is 0.783. The maximum absolute atomic E-state index is 13.6. The third-order valence-electron chi connectivity index (χ3n) is 5.44. The maximum Gasteiger partial charge on any atom is 0.282 e. The molecule has 0 aromatic heterocycles. The van der Waals surface area contributed by atoms with Crippen LogP contribution < -0.4 is 19.9 Å². The first kappa shape index (κ1) is 23.0. The van der Waals surface area contributed by atoms with Gasteiger partial charge in [0.1, 0.15) is 17.3 Å². The third-order valence-corrected chi connectivity index (χ3v) is 5.44. The van der Waals surface area contributed by atoms with Gasteiger partial charge in [-0.2, -0.15) is 0 Å². The summed E-state index contributed by atoms with van der Waals surface area (Å²) in [4.78, 5) is 30.3. The average molecular weight is 460 g/mol. The maximum atomic E-state index is 13.6. The monoisotopic (exact) mass is 459 g/mol. The second kappa shape index (κ2) is 9.79. The lowest BCUT2D eigenvalue weighted by molar-refractivity contribution is -0.120. The molecule has 0 atom stereocenters. The quantitative estimate of drug-likeness (QED) is 0.476. The molecule has 3 aromatic rings. The topological polar surface area (TPSA) is 61.9 Å². The Morgan fingerprint density at radius 3 is 2.24 bits per heavy atom. The van der Waals surface area contributed by atoms with E-state index in [4.69, 9.17) is 4.74 Å². The van der Waals surface area contributed by atoms with Gasteiger partial charge in [-0.05, 0) is 60.5 Å². The Labute approximate surface area is 198 Å². The average Bonchev–Trinajstić information content (AvgIpc) is 3.08. The summed E-state index contributed by atoms with van der Waals surface area (Å²) in [6.45, 7) is 2.43. The van der Waals surface area contributed by atoms with Crippen LogP contribution >= 0.6 is 0 Å². The van der Waals surface area contributed by atoms with E-state index in [1.54, 1.807) is 24.3 Å². The predicted molar refractivity (Wildman–Crippen MR) is 132 cm³/mol. The number of benzene rings is 3. The van der Waals surface area contributed by atoms with Crippen LogP contribution in [0, 0.1) is 5.82 Å². The molecule has 0 radical (unpaired) electrons. The smallest absolute Gasteiger partial charge is 0.282 e. The number of hydrogen-bond acceptors (Lipinski definition) is 5. The molecular formula is C27H26FN3O3. The van der Waals surface area contributed by atoms with Crippen molar-refractivity contribution in [2.45, 2.75) is 13.3 Å². The highest BCUT2D eigenvalue weighted by Gasteiger charge is 2.41. The molecule has 6 nitrogen and oxygen atoms in total. The highest BCUT2D eigenvalue weighted by atomic mass is 19.1. The number of carbonyl (C=O) groups excluding carboxylic acids is 2. The molecule has 0 unspecified atom stereocenters. The molecule has 1 aliphatic rings. The van der Waals surface area contributed by atoms with Crippen molar-refractivity contribution in [3.63, 3.8) is 0 Å². The number of hydrogen-bond donors (Lipinski definition) is 1. The molecule has 174 valence electrons. The molecule has 1 N–H and O–H groups in total. The summed E-state index contributed by atoms with van der Waals surface area (Å²) in [5.74, 6) is -0.990. The molecule has 0 fully saturated rings. The Morgan fingerprint density at radius 2 is 1.59 bits per heavy atom. The van der Waals surface area contributed by atoms with Gasteiger partial charge >= 0.3 is 0 Å². The highest BCUT2D eigenvalue weighted by Crippen LogP contribution is 2.38. The Kier molecular flexibility index (Phi) is 6.63. The van der Waals surface area contributed by atoms with E-state index in [2.05, 4.69) is 5.32 Å². The van der Waals surface area contributed by atoms with E-state index in [0.29, 0.717) is 29.3 Å². The molecule has 0 bridgehead atoms. The number of halogens is 1. The van der Waals surface area contributed by atoms with Crippen LogP contribution in [0.5, 0.6) is 5.75 Å². The lowest BCUT2D eigenvalue weighted by atomic mass is 10.0. The van der Waals surface area contributed by atoms with Crippen molar-refractivity contribution >= 4 is 34.4 Å². The van der Waals surface area contributed by atoms with Crippen LogP contribution in [-0.4, -0.2) is 32.5 Å². The Balaban J connectivity index is 1.77. The van der Waals surface area contributed by atoms with Crippen LogP contribution in [0.4, 0.5) is 21.5 Å². The molecule has 4 rings (SSSR count). The number of nitrogens with one attached hydrogen (secondary N) is 1. The fraction of sp³-hybridized carbons (Fsp3) is 0.185. The van der Waals surface area contributed by atoms with Crippen LogP contribution in [0.1, 0.15) is 18.9 Å². The summed E-state index contributed by atoms with van der Waals surface area (Å²) in [7, 11) is 3.87. The highest BCUT2D eigenvalue weighted by molar-refractivity contribution is 6.46. The Hall–Kier alpha value is -4.13. The molecule has 7 heteroatoms. The van der Waals surface area contributed by atoms with Gasteiger partial charge in [0.25, 0.3) is 11.8 Å².